The lowest BCUT2D eigenvalue weighted by molar-refractivity contribution is -0.0987. The van der Waals surface area contributed by atoms with Crippen molar-refractivity contribution in [3.63, 3.8) is 0 Å². The summed E-state index contributed by atoms with van der Waals surface area (Å²) < 4.78 is 0. The molecule has 0 heterocycles. The van der Waals surface area contributed by atoms with E-state index in [1.807, 2.05) is 6.92 Å². The fourth-order valence-electron chi connectivity index (χ4n) is 4.21. The maximum absolute atomic E-state index is 10.5. The lowest BCUT2D eigenvalue weighted by Crippen LogP contribution is -2.47. The summed E-state index contributed by atoms with van der Waals surface area (Å²) in [4.78, 5) is 0. The highest BCUT2D eigenvalue weighted by molar-refractivity contribution is 5.18. The Balaban J connectivity index is 2.53. The Bertz CT molecular complexity index is 232. The molecular formula is C12H22O. The maximum atomic E-state index is 10.5. The van der Waals surface area contributed by atoms with Crippen LogP contribution in [0.4, 0.5) is 0 Å². The Kier molecular flexibility index (Phi) is 1.56. The number of hydrogen-bond donors (Lipinski definition) is 1. The second kappa shape index (κ2) is 2.13. The summed E-state index contributed by atoms with van der Waals surface area (Å²) in [5.41, 5.74) is -0.0145. The summed E-state index contributed by atoms with van der Waals surface area (Å²) in [7, 11) is 0. The van der Waals surface area contributed by atoms with Crippen LogP contribution in [0.15, 0.2) is 0 Å². The molecule has 2 aliphatic carbocycles. The zero-order valence-corrected chi connectivity index (χ0v) is 9.52. The van der Waals surface area contributed by atoms with Gasteiger partial charge in [0.05, 0.1) is 5.60 Å². The van der Waals surface area contributed by atoms with E-state index < -0.39 is 5.60 Å². The van der Waals surface area contributed by atoms with Gasteiger partial charge in [0, 0.05) is 5.41 Å². The third kappa shape index (κ3) is 0.743. The highest BCUT2D eigenvalue weighted by Crippen LogP contribution is 2.71. The van der Waals surface area contributed by atoms with E-state index in [4.69, 9.17) is 0 Å². The van der Waals surface area contributed by atoms with E-state index >= 15 is 0 Å². The molecule has 0 radical (unpaired) electrons. The molecular weight excluding hydrogens is 160 g/mol. The van der Waals surface area contributed by atoms with Crippen molar-refractivity contribution in [2.45, 2.75) is 53.1 Å². The van der Waals surface area contributed by atoms with E-state index in [1.165, 1.54) is 12.8 Å². The SMILES string of the molecule is C[C@@H]1[C@H]2CC[C@](C)(C2(C)C)[C@]1(C)O. The van der Waals surface area contributed by atoms with Crippen molar-refractivity contribution in [3.8, 4) is 0 Å². The van der Waals surface area contributed by atoms with Gasteiger partial charge in [0.25, 0.3) is 0 Å². The molecule has 2 rings (SSSR count). The number of aliphatic hydroxyl groups is 1. The van der Waals surface area contributed by atoms with Crippen molar-refractivity contribution < 1.29 is 5.11 Å². The van der Waals surface area contributed by atoms with Crippen LogP contribution >= 0.6 is 0 Å². The minimum absolute atomic E-state index is 0.129. The Hall–Kier alpha value is -0.0400. The van der Waals surface area contributed by atoms with E-state index in [0.29, 0.717) is 17.3 Å². The molecule has 2 bridgehead atoms. The molecule has 2 aliphatic rings. The van der Waals surface area contributed by atoms with Gasteiger partial charge in [0.1, 0.15) is 0 Å². The van der Waals surface area contributed by atoms with Gasteiger partial charge >= 0.3 is 0 Å². The monoisotopic (exact) mass is 182 g/mol. The highest BCUT2D eigenvalue weighted by Gasteiger charge is 2.69. The van der Waals surface area contributed by atoms with Gasteiger partial charge < -0.3 is 5.11 Å². The summed E-state index contributed by atoms with van der Waals surface area (Å²) in [6, 6.07) is 0. The smallest absolute Gasteiger partial charge is 0.0706 e. The van der Waals surface area contributed by atoms with Crippen molar-refractivity contribution >= 4 is 0 Å². The Morgan fingerprint density at radius 1 is 1.15 bits per heavy atom. The Labute approximate surface area is 81.5 Å². The molecule has 13 heavy (non-hydrogen) atoms. The van der Waals surface area contributed by atoms with E-state index in [2.05, 4.69) is 27.7 Å². The topological polar surface area (TPSA) is 20.2 Å². The first-order chi connectivity index (χ1) is 5.75. The third-order valence-electron chi connectivity index (χ3n) is 5.91. The van der Waals surface area contributed by atoms with Gasteiger partial charge in [0.2, 0.25) is 0 Å². The van der Waals surface area contributed by atoms with Crippen LogP contribution in [-0.2, 0) is 0 Å². The minimum atomic E-state index is -0.459. The van der Waals surface area contributed by atoms with Crippen LogP contribution in [0.2, 0.25) is 0 Å². The van der Waals surface area contributed by atoms with Crippen molar-refractivity contribution in [1.29, 1.82) is 0 Å². The molecule has 0 saturated heterocycles. The molecule has 0 aliphatic heterocycles. The third-order valence-corrected chi connectivity index (χ3v) is 5.91. The number of hydrogen-bond acceptors (Lipinski definition) is 1. The standard InChI is InChI=1S/C12H22O/c1-8-9-6-7-11(4,10(9,2)3)12(8,5)13/h8-9,13H,6-7H2,1-5H3/t8-,9-,11-,12-/m1/s1. The average Bonchev–Trinajstić information content (AvgIpc) is 2.26. The molecule has 0 aromatic carbocycles. The van der Waals surface area contributed by atoms with Gasteiger partial charge in [-0.05, 0) is 37.0 Å². The predicted octanol–water partition coefficient (Wildman–Crippen LogP) is 2.83. The lowest BCUT2D eigenvalue weighted by atomic mass is 9.64. The molecule has 0 aromatic heterocycles. The van der Waals surface area contributed by atoms with Gasteiger partial charge in [-0.15, -0.1) is 0 Å². The zero-order chi connectivity index (χ0) is 10.1. The van der Waals surface area contributed by atoms with Crippen molar-refractivity contribution in [2.75, 3.05) is 0 Å². The van der Waals surface area contributed by atoms with Crippen LogP contribution < -0.4 is 0 Å². The molecule has 0 unspecified atom stereocenters. The molecule has 0 aromatic rings. The molecule has 2 fully saturated rings. The van der Waals surface area contributed by atoms with Crippen LogP contribution in [0.25, 0.3) is 0 Å². The second-order valence-corrected chi connectivity index (χ2v) is 6.14. The van der Waals surface area contributed by atoms with Gasteiger partial charge in [-0.2, -0.15) is 0 Å². The summed E-state index contributed by atoms with van der Waals surface area (Å²) in [5.74, 6) is 1.17. The van der Waals surface area contributed by atoms with Crippen LogP contribution in [0.3, 0.4) is 0 Å². The molecule has 1 nitrogen and oxygen atoms in total. The van der Waals surface area contributed by atoms with E-state index in [9.17, 15) is 5.11 Å². The first kappa shape index (κ1) is 9.51. The van der Waals surface area contributed by atoms with Gasteiger partial charge in [-0.25, -0.2) is 0 Å². The van der Waals surface area contributed by atoms with E-state index in [1.54, 1.807) is 0 Å². The van der Waals surface area contributed by atoms with E-state index in [0.717, 1.165) is 0 Å². The molecule has 4 atom stereocenters. The van der Waals surface area contributed by atoms with Gasteiger partial charge in [-0.1, -0.05) is 27.7 Å². The number of rotatable bonds is 0. The average molecular weight is 182 g/mol. The van der Waals surface area contributed by atoms with Crippen LogP contribution in [-0.4, -0.2) is 10.7 Å². The lowest BCUT2D eigenvalue weighted by Gasteiger charge is -2.44. The summed E-state index contributed by atoms with van der Waals surface area (Å²) >= 11 is 0. The van der Waals surface area contributed by atoms with Crippen LogP contribution in [0, 0.1) is 22.7 Å². The molecule has 2 saturated carbocycles. The summed E-state index contributed by atoms with van der Waals surface area (Å²) in [6.07, 6.45) is 2.50. The summed E-state index contributed by atoms with van der Waals surface area (Å²) in [6.45, 7) is 11.2. The molecule has 1 N–H and O–H groups in total. The molecule has 0 amide bonds. The van der Waals surface area contributed by atoms with Gasteiger partial charge in [0.15, 0.2) is 0 Å². The highest BCUT2D eigenvalue weighted by atomic mass is 16.3. The van der Waals surface area contributed by atoms with Gasteiger partial charge in [-0.3, -0.25) is 0 Å². The quantitative estimate of drug-likeness (QED) is 0.611. The normalized spacial score (nSPS) is 58.6. The van der Waals surface area contributed by atoms with Crippen molar-refractivity contribution in [1.82, 2.24) is 0 Å². The Morgan fingerprint density at radius 2 is 1.69 bits per heavy atom. The largest absolute Gasteiger partial charge is 0.389 e. The maximum Gasteiger partial charge on any atom is 0.0706 e. The fraction of sp³-hybridized carbons (Fsp3) is 1.00. The molecule has 1 heteroatoms. The van der Waals surface area contributed by atoms with Crippen molar-refractivity contribution in [3.05, 3.63) is 0 Å². The molecule has 76 valence electrons. The van der Waals surface area contributed by atoms with Crippen molar-refractivity contribution in [2.24, 2.45) is 22.7 Å². The van der Waals surface area contributed by atoms with E-state index in [-0.39, 0.29) is 5.41 Å². The second-order valence-electron chi connectivity index (χ2n) is 6.14. The number of fused-ring (bicyclic) bond motifs is 2. The predicted molar refractivity (Wildman–Crippen MR) is 54.4 cm³/mol. The molecule has 0 spiro atoms. The summed E-state index contributed by atoms with van der Waals surface area (Å²) in [5, 5.41) is 10.5. The van der Waals surface area contributed by atoms with Crippen LogP contribution in [0.5, 0.6) is 0 Å². The fourth-order valence-corrected chi connectivity index (χ4v) is 4.21. The Morgan fingerprint density at radius 3 is 1.92 bits per heavy atom. The van der Waals surface area contributed by atoms with Crippen LogP contribution in [0.1, 0.15) is 47.5 Å². The first-order valence-corrected chi connectivity index (χ1v) is 5.47. The minimum Gasteiger partial charge on any atom is -0.389 e. The first-order valence-electron chi connectivity index (χ1n) is 5.47. The zero-order valence-electron chi connectivity index (χ0n) is 9.52.